The van der Waals surface area contributed by atoms with Crippen molar-refractivity contribution in [1.29, 1.82) is 0 Å². The molecule has 1 unspecified atom stereocenters. The molecular formula is C5H11O2P. The molecule has 0 N–H and O–H groups in total. The van der Waals surface area contributed by atoms with E-state index in [1.807, 2.05) is 23.3 Å². The molecule has 0 aromatic carbocycles. The summed E-state index contributed by atoms with van der Waals surface area (Å²) in [5.41, 5.74) is 0. The van der Waals surface area contributed by atoms with Crippen LogP contribution in [-0.2, 0) is 9.32 Å². The fourth-order valence-electron chi connectivity index (χ4n) is 0.381. The van der Waals surface area contributed by atoms with Crippen LogP contribution in [0.5, 0.6) is 0 Å². The predicted molar refractivity (Wildman–Crippen MR) is 35.3 cm³/mol. The minimum atomic E-state index is -0.162. The third-order valence-corrected chi connectivity index (χ3v) is 0.969. The maximum atomic E-state index is 10.4. The van der Waals surface area contributed by atoms with Crippen LogP contribution >= 0.6 is 9.47 Å². The molecule has 2 nitrogen and oxygen atoms in total. The van der Waals surface area contributed by atoms with Gasteiger partial charge in [0.1, 0.15) is 0 Å². The summed E-state index contributed by atoms with van der Waals surface area (Å²) in [6, 6.07) is 0. The van der Waals surface area contributed by atoms with E-state index in [2.05, 4.69) is 4.52 Å². The first-order chi connectivity index (χ1) is 3.66. The van der Waals surface area contributed by atoms with E-state index in [0.29, 0.717) is 12.3 Å². The molecule has 0 aliphatic carbocycles. The maximum Gasteiger partial charge on any atom is 0.308 e. The fourth-order valence-corrected chi connectivity index (χ4v) is 0.478. The van der Waals surface area contributed by atoms with Crippen LogP contribution in [0.15, 0.2) is 0 Å². The van der Waals surface area contributed by atoms with Gasteiger partial charge in [0.25, 0.3) is 0 Å². The van der Waals surface area contributed by atoms with Gasteiger partial charge >= 0.3 is 5.97 Å². The van der Waals surface area contributed by atoms with Gasteiger partial charge < -0.3 is 4.52 Å². The van der Waals surface area contributed by atoms with Crippen molar-refractivity contribution in [2.45, 2.75) is 20.3 Å². The highest BCUT2D eigenvalue weighted by Crippen LogP contribution is 2.02. The Morgan fingerprint density at radius 3 is 2.38 bits per heavy atom. The Bertz CT molecular complexity index is 80.5. The van der Waals surface area contributed by atoms with Crippen molar-refractivity contribution in [2.75, 3.05) is 0 Å². The SMILES string of the molecule is CC(C)CC(=O)OP. The summed E-state index contributed by atoms with van der Waals surface area (Å²) >= 11 is 0. The van der Waals surface area contributed by atoms with Crippen LogP contribution in [-0.4, -0.2) is 5.97 Å². The summed E-state index contributed by atoms with van der Waals surface area (Å²) < 4.78 is 4.34. The molecule has 0 aliphatic rings. The first kappa shape index (κ1) is 7.90. The molecule has 0 bridgehead atoms. The molecule has 0 heterocycles. The van der Waals surface area contributed by atoms with Crippen molar-refractivity contribution in [3.8, 4) is 0 Å². The van der Waals surface area contributed by atoms with Crippen LogP contribution < -0.4 is 0 Å². The summed E-state index contributed by atoms with van der Waals surface area (Å²) in [5.74, 6) is 0.230. The molecule has 0 aromatic rings. The first-order valence-electron chi connectivity index (χ1n) is 2.56. The highest BCUT2D eigenvalue weighted by Gasteiger charge is 2.01. The van der Waals surface area contributed by atoms with E-state index in [1.54, 1.807) is 0 Å². The van der Waals surface area contributed by atoms with Gasteiger partial charge in [-0.25, -0.2) is 0 Å². The third kappa shape index (κ3) is 4.07. The van der Waals surface area contributed by atoms with E-state index in [0.717, 1.165) is 0 Å². The number of hydrogen-bond acceptors (Lipinski definition) is 2. The van der Waals surface area contributed by atoms with Crippen LogP contribution in [0.4, 0.5) is 0 Å². The van der Waals surface area contributed by atoms with Crippen molar-refractivity contribution < 1.29 is 9.32 Å². The Morgan fingerprint density at radius 1 is 1.75 bits per heavy atom. The highest BCUT2D eigenvalue weighted by atomic mass is 31.0. The Hall–Kier alpha value is -0.100. The summed E-state index contributed by atoms with van der Waals surface area (Å²) in [5, 5.41) is 0. The fraction of sp³-hybridized carbons (Fsp3) is 0.800. The van der Waals surface area contributed by atoms with Gasteiger partial charge in [0.05, 0.1) is 9.47 Å². The normalized spacial score (nSPS) is 9.50. The quantitative estimate of drug-likeness (QED) is 0.533. The average molecular weight is 134 g/mol. The lowest BCUT2D eigenvalue weighted by Gasteiger charge is -1.99. The summed E-state index contributed by atoms with van der Waals surface area (Å²) in [7, 11) is 1.93. The highest BCUT2D eigenvalue weighted by molar-refractivity contribution is 7.10. The Labute approximate surface area is 51.9 Å². The van der Waals surface area contributed by atoms with E-state index in [1.165, 1.54) is 0 Å². The topological polar surface area (TPSA) is 26.3 Å². The summed E-state index contributed by atoms with van der Waals surface area (Å²) in [6.45, 7) is 3.95. The van der Waals surface area contributed by atoms with Crippen molar-refractivity contribution in [2.24, 2.45) is 5.92 Å². The average Bonchev–Trinajstić information content (AvgIpc) is 1.65. The van der Waals surface area contributed by atoms with Gasteiger partial charge in [0.2, 0.25) is 0 Å². The molecule has 0 fully saturated rings. The van der Waals surface area contributed by atoms with Gasteiger partial charge in [-0.1, -0.05) is 13.8 Å². The van der Waals surface area contributed by atoms with Gasteiger partial charge in [-0.2, -0.15) is 0 Å². The zero-order valence-corrected chi connectivity index (χ0v) is 6.33. The molecule has 0 amide bonds. The van der Waals surface area contributed by atoms with Crippen LogP contribution in [0, 0.1) is 5.92 Å². The molecule has 0 saturated heterocycles. The van der Waals surface area contributed by atoms with E-state index in [4.69, 9.17) is 0 Å². The smallest absolute Gasteiger partial charge is 0.308 e. The number of carbonyl (C=O) groups excluding carboxylic acids is 1. The van der Waals surface area contributed by atoms with Gasteiger partial charge in [-0.3, -0.25) is 4.79 Å². The van der Waals surface area contributed by atoms with Gasteiger partial charge in [-0.05, 0) is 5.92 Å². The van der Waals surface area contributed by atoms with Gasteiger partial charge in [-0.15, -0.1) is 0 Å². The summed E-state index contributed by atoms with van der Waals surface area (Å²) in [6.07, 6.45) is 0.503. The van der Waals surface area contributed by atoms with E-state index < -0.39 is 0 Å². The lowest BCUT2D eigenvalue weighted by atomic mass is 10.1. The molecule has 0 aromatic heterocycles. The van der Waals surface area contributed by atoms with Gasteiger partial charge in [0, 0.05) is 6.42 Å². The van der Waals surface area contributed by atoms with Crippen LogP contribution in [0.3, 0.4) is 0 Å². The van der Waals surface area contributed by atoms with Crippen molar-refractivity contribution in [3.63, 3.8) is 0 Å². The van der Waals surface area contributed by atoms with Gasteiger partial charge in [0.15, 0.2) is 0 Å². The second-order valence-corrected chi connectivity index (χ2v) is 2.32. The van der Waals surface area contributed by atoms with Crippen molar-refractivity contribution >= 4 is 15.4 Å². The molecule has 1 atom stereocenters. The molecule has 0 radical (unpaired) electrons. The lowest BCUT2D eigenvalue weighted by molar-refractivity contribution is -0.133. The standard InChI is InChI=1S/C5H11O2P/c1-4(2)3-5(6)7-8/h4H,3,8H2,1-2H3. The van der Waals surface area contributed by atoms with E-state index in [9.17, 15) is 4.79 Å². The molecule has 0 aliphatic heterocycles. The van der Waals surface area contributed by atoms with Crippen LogP contribution in [0.25, 0.3) is 0 Å². The van der Waals surface area contributed by atoms with Crippen LogP contribution in [0.2, 0.25) is 0 Å². The zero-order valence-electron chi connectivity index (χ0n) is 5.18. The molecule has 0 saturated carbocycles. The summed E-state index contributed by atoms with van der Waals surface area (Å²) in [4.78, 5) is 10.4. The number of carbonyl (C=O) groups is 1. The zero-order chi connectivity index (χ0) is 6.57. The minimum Gasteiger partial charge on any atom is -0.451 e. The van der Waals surface area contributed by atoms with Crippen molar-refractivity contribution in [1.82, 2.24) is 0 Å². The van der Waals surface area contributed by atoms with E-state index in [-0.39, 0.29) is 5.97 Å². The molecule has 8 heavy (non-hydrogen) atoms. The Kier molecular flexibility index (Phi) is 3.80. The molecule has 3 heteroatoms. The Morgan fingerprint density at radius 2 is 2.25 bits per heavy atom. The first-order valence-corrected chi connectivity index (χ1v) is 3.03. The molecule has 48 valence electrons. The molecular weight excluding hydrogens is 123 g/mol. The predicted octanol–water partition coefficient (Wildman–Crippen LogP) is 1.37. The minimum absolute atomic E-state index is 0.162. The van der Waals surface area contributed by atoms with E-state index >= 15 is 0 Å². The second-order valence-electron chi connectivity index (χ2n) is 2.09. The van der Waals surface area contributed by atoms with Crippen molar-refractivity contribution in [3.05, 3.63) is 0 Å². The maximum absolute atomic E-state index is 10.4. The molecule has 0 rings (SSSR count). The largest absolute Gasteiger partial charge is 0.451 e. The lowest BCUT2D eigenvalue weighted by Crippen LogP contribution is -2.00. The van der Waals surface area contributed by atoms with Crippen LogP contribution in [0.1, 0.15) is 20.3 Å². The second kappa shape index (κ2) is 3.85. The monoisotopic (exact) mass is 134 g/mol. The molecule has 0 spiro atoms. The number of rotatable bonds is 2. The third-order valence-electron chi connectivity index (χ3n) is 0.706. The number of hydrogen-bond donors (Lipinski definition) is 0. The Balaban J connectivity index is 3.25.